The fourth-order valence-electron chi connectivity index (χ4n) is 7.17. The van der Waals surface area contributed by atoms with Crippen LogP contribution in [0.5, 0.6) is 0 Å². The van der Waals surface area contributed by atoms with E-state index in [9.17, 15) is 30.3 Å². The van der Waals surface area contributed by atoms with Crippen molar-refractivity contribution in [2.45, 2.75) is 243 Å². The van der Waals surface area contributed by atoms with Crippen LogP contribution in [0.1, 0.15) is 200 Å². The van der Waals surface area contributed by atoms with Gasteiger partial charge in [0.15, 0.2) is 6.29 Å². The number of aliphatic hydroxyl groups is 5. The maximum atomic E-state index is 12.9. The van der Waals surface area contributed by atoms with Crippen LogP contribution in [0.15, 0.2) is 36.5 Å². The Morgan fingerprint density at radius 1 is 0.589 bits per heavy atom. The molecule has 1 amide bonds. The van der Waals surface area contributed by atoms with Gasteiger partial charge < -0.3 is 40.3 Å². The number of allylic oxidation sites excluding steroid dienone is 5. The fraction of sp³-hybridized carbons (Fsp3) is 0.851. The lowest BCUT2D eigenvalue weighted by Crippen LogP contribution is -2.60. The number of hydrogen-bond acceptors (Lipinski definition) is 8. The van der Waals surface area contributed by atoms with Gasteiger partial charge in [-0.1, -0.05) is 172 Å². The zero-order valence-corrected chi connectivity index (χ0v) is 35.9. The molecule has 7 atom stereocenters. The Morgan fingerprint density at radius 3 is 1.50 bits per heavy atom. The molecule has 1 aliphatic rings. The van der Waals surface area contributed by atoms with Crippen LogP contribution >= 0.6 is 0 Å². The van der Waals surface area contributed by atoms with Crippen LogP contribution in [-0.4, -0.2) is 87.5 Å². The quantitative estimate of drug-likeness (QED) is 0.0268. The van der Waals surface area contributed by atoms with Crippen LogP contribution in [0, 0.1) is 0 Å². The van der Waals surface area contributed by atoms with Crippen molar-refractivity contribution in [1.29, 1.82) is 0 Å². The van der Waals surface area contributed by atoms with Crippen molar-refractivity contribution < 1.29 is 39.8 Å². The van der Waals surface area contributed by atoms with Gasteiger partial charge in [-0.15, -0.1) is 0 Å². The third-order valence-electron chi connectivity index (χ3n) is 10.9. The number of aliphatic hydroxyl groups excluding tert-OH is 5. The number of unbranched alkanes of at least 4 members (excludes halogenated alkanes) is 24. The fourth-order valence-corrected chi connectivity index (χ4v) is 7.17. The van der Waals surface area contributed by atoms with Crippen molar-refractivity contribution >= 4 is 5.91 Å². The molecule has 6 N–H and O–H groups in total. The summed E-state index contributed by atoms with van der Waals surface area (Å²) in [6, 6.07) is -0.823. The smallest absolute Gasteiger partial charge is 0.220 e. The molecule has 9 nitrogen and oxygen atoms in total. The Balaban J connectivity index is 2.39. The van der Waals surface area contributed by atoms with Gasteiger partial charge in [0.2, 0.25) is 5.91 Å². The Kier molecular flexibility index (Phi) is 35.3. The summed E-state index contributed by atoms with van der Waals surface area (Å²) in [6.45, 7) is 3.74. The van der Waals surface area contributed by atoms with Gasteiger partial charge in [0, 0.05) is 6.42 Å². The van der Waals surface area contributed by atoms with Crippen LogP contribution in [0.3, 0.4) is 0 Å². The number of carbonyl (C=O) groups excluding carboxylic acids is 1. The van der Waals surface area contributed by atoms with Crippen molar-refractivity contribution in [3.63, 3.8) is 0 Å². The highest BCUT2D eigenvalue weighted by atomic mass is 16.7. The molecule has 1 fully saturated rings. The summed E-state index contributed by atoms with van der Waals surface area (Å²) in [4.78, 5) is 12.9. The van der Waals surface area contributed by atoms with E-state index < -0.39 is 49.5 Å². The van der Waals surface area contributed by atoms with Gasteiger partial charge >= 0.3 is 0 Å². The second-order valence-electron chi connectivity index (χ2n) is 16.2. The summed E-state index contributed by atoms with van der Waals surface area (Å²) in [5.74, 6) is -0.196. The first-order chi connectivity index (χ1) is 27.3. The number of carbonyl (C=O) groups is 1. The lowest BCUT2D eigenvalue weighted by atomic mass is 9.99. The molecule has 56 heavy (non-hydrogen) atoms. The highest BCUT2D eigenvalue weighted by Gasteiger charge is 2.44. The number of hydrogen-bond donors (Lipinski definition) is 6. The minimum atomic E-state index is -1.57. The largest absolute Gasteiger partial charge is 0.394 e. The van der Waals surface area contributed by atoms with Crippen molar-refractivity contribution in [3.05, 3.63) is 36.5 Å². The van der Waals surface area contributed by atoms with Gasteiger partial charge in [-0.25, -0.2) is 0 Å². The molecule has 0 spiro atoms. The van der Waals surface area contributed by atoms with E-state index in [1.165, 1.54) is 122 Å². The maximum absolute atomic E-state index is 12.9. The predicted molar refractivity (Wildman–Crippen MR) is 230 cm³/mol. The van der Waals surface area contributed by atoms with E-state index in [0.717, 1.165) is 57.8 Å². The molecule has 0 aromatic rings. The van der Waals surface area contributed by atoms with Crippen LogP contribution in [0.2, 0.25) is 0 Å². The average molecular weight is 794 g/mol. The van der Waals surface area contributed by atoms with Crippen molar-refractivity contribution in [3.8, 4) is 0 Å². The zero-order chi connectivity index (χ0) is 40.9. The lowest BCUT2D eigenvalue weighted by Gasteiger charge is -2.40. The summed E-state index contributed by atoms with van der Waals surface area (Å²) in [5.41, 5.74) is 0. The SMILES string of the molecule is CCCCCCC/C=C\CCCCCCCC(=O)NC(COC1OC(CO)C(O)C(O)C1O)C(O)/C=C/CC/C=C/CCCCCCCCCCCCCCC. The van der Waals surface area contributed by atoms with Crippen LogP contribution in [0.4, 0.5) is 0 Å². The molecule has 0 aromatic carbocycles. The molecule has 328 valence electrons. The lowest BCUT2D eigenvalue weighted by molar-refractivity contribution is -0.302. The molecule has 1 rings (SSSR count). The third-order valence-corrected chi connectivity index (χ3v) is 10.9. The van der Waals surface area contributed by atoms with Gasteiger partial charge in [0.1, 0.15) is 24.4 Å². The second-order valence-corrected chi connectivity index (χ2v) is 16.2. The minimum absolute atomic E-state index is 0.196. The average Bonchev–Trinajstić information content (AvgIpc) is 3.20. The monoisotopic (exact) mass is 794 g/mol. The van der Waals surface area contributed by atoms with E-state index >= 15 is 0 Å². The topological polar surface area (TPSA) is 149 Å². The van der Waals surface area contributed by atoms with Gasteiger partial charge in [-0.05, 0) is 57.8 Å². The molecular formula is C47H87NO8. The number of amides is 1. The molecule has 7 unspecified atom stereocenters. The molecule has 1 heterocycles. The summed E-state index contributed by atoms with van der Waals surface area (Å²) in [7, 11) is 0. The van der Waals surface area contributed by atoms with Gasteiger partial charge in [0.05, 0.1) is 25.4 Å². The first-order valence-electron chi connectivity index (χ1n) is 23.2. The van der Waals surface area contributed by atoms with E-state index in [2.05, 4.69) is 43.5 Å². The standard InChI is InChI=1S/C47H87NO8/c1-3-5-7-9-11-13-15-17-19-20-21-22-23-24-26-28-30-32-34-36-41(50)40(39-55-47-46(54)45(53)44(52)42(38-49)56-47)48-43(51)37-35-33-31-29-27-25-18-16-14-12-10-8-6-4-2/h16,18,26,28,34,36,40-42,44-47,49-50,52-54H,3-15,17,19-25,27,29-33,35,37-39H2,1-2H3,(H,48,51)/b18-16-,28-26+,36-34+. The van der Waals surface area contributed by atoms with E-state index in [1.54, 1.807) is 6.08 Å². The van der Waals surface area contributed by atoms with Crippen LogP contribution in [0.25, 0.3) is 0 Å². The molecular weight excluding hydrogens is 707 g/mol. The number of ether oxygens (including phenoxy) is 2. The van der Waals surface area contributed by atoms with Crippen molar-refractivity contribution in [1.82, 2.24) is 5.32 Å². The molecule has 0 saturated carbocycles. The third kappa shape index (κ3) is 27.9. The van der Waals surface area contributed by atoms with Crippen molar-refractivity contribution in [2.24, 2.45) is 0 Å². The van der Waals surface area contributed by atoms with Gasteiger partial charge in [0.25, 0.3) is 0 Å². The molecule has 1 aliphatic heterocycles. The van der Waals surface area contributed by atoms with E-state index in [0.29, 0.717) is 6.42 Å². The molecule has 0 aromatic heterocycles. The maximum Gasteiger partial charge on any atom is 0.220 e. The summed E-state index contributed by atoms with van der Waals surface area (Å²) >= 11 is 0. The molecule has 0 aliphatic carbocycles. The van der Waals surface area contributed by atoms with E-state index in [-0.39, 0.29) is 12.5 Å². The Morgan fingerprint density at radius 2 is 1.02 bits per heavy atom. The molecule has 0 bridgehead atoms. The highest BCUT2D eigenvalue weighted by molar-refractivity contribution is 5.76. The Hall–Kier alpha value is -1.59. The Bertz CT molecular complexity index is 972. The summed E-state index contributed by atoms with van der Waals surface area (Å²) < 4.78 is 11.2. The highest BCUT2D eigenvalue weighted by Crippen LogP contribution is 2.22. The van der Waals surface area contributed by atoms with E-state index in [4.69, 9.17) is 9.47 Å². The van der Waals surface area contributed by atoms with Gasteiger partial charge in [-0.2, -0.15) is 0 Å². The first kappa shape index (κ1) is 52.4. The first-order valence-corrected chi connectivity index (χ1v) is 23.2. The number of nitrogens with one attached hydrogen (secondary N) is 1. The van der Waals surface area contributed by atoms with Crippen LogP contribution < -0.4 is 5.32 Å². The zero-order valence-electron chi connectivity index (χ0n) is 35.9. The van der Waals surface area contributed by atoms with Crippen molar-refractivity contribution in [2.75, 3.05) is 13.2 Å². The predicted octanol–water partition coefficient (Wildman–Crippen LogP) is 9.67. The second kappa shape index (κ2) is 37.7. The Labute approximate surface area is 342 Å². The minimum Gasteiger partial charge on any atom is -0.394 e. The summed E-state index contributed by atoms with van der Waals surface area (Å²) in [5, 5.41) is 54.1. The van der Waals surface area contributed by atoms with Gasteiger partial charge in [-0.3, -0.25) is 4.79 Å². The normalized spacial score (nSPS) is 21.4. The number of rotatable bonds is 38. The van der Waals surface area contributed by atoms with Crippen LogP contribution in [-0.2, 0) is 14.3 Å². The van der Waals surface area contributed by atoms with E-state index in [1.807, 2.05) is 6.08 Å². The molecule has 0 radical (unpaired) electrons. The summed E-state index contributed by atoms with van der Waals surface area (Å²) in [6.07, 6.45) is 39.0. The molecule has 9 heteroatoms. The molecule has 1 saturated heterocycles.